The third kappa shape index (κ3) is 10.8. The number of aromatic nitrogens is 3. The van der Waals surface area contributed by atoms with Crippen LogP contribution in [0.25, 0.3) is 0 Å². The molecule has 5 N–H and O–H groups in total. The number of carbonyl (C=O) groups is 3. The molecule has 1 saturated carbocycles. The van der Waals surface area contributed by atoms with Crippen LogP contribution in [0.1, 0.15) is 79.1 Å². The van der Waals surface area contributed by atoms with E-state index in [0.29, 0.717) is 33.8 Å². The number of benzene rings is 4. The Morgan fingerprint density at radius 2 is 1.39 bits per heavy atom. The molecular weight excluding hydrogens is 728 g/mol. The molecule has 5 aromatic rings. The van der Waals surface area contributed by atoms with Gasteiger partial charge in [-0.3, -0.25) is 14.4 Å². The number of nitrogens with zero attached hydrogens (tertiary/aromatic N) is 3. The number of hydrogen-bond acceptors (Lipinski definition) is 9. The molecule has 1 fully saturated rings. The highest BCUT2D eigenvalue weighted by atomic mass is 35.5. The van der Waals surface area contributed by atoms with Gasteiger partial charge in [-0.25, -0.2) is 0 Å². The molecule has 56 heavy (non-hydrogen) atoms. The number of nitrogens with one attached hydrogen (secondary N) is 5. The van der Waals surface area contributed by atoms with Crippen LogP contribution in [0.15, 0.2) is 97.1 Å². The van der Waals surface area contributed by atoms with E-state index in [1.165, 1.54) is 5.56 Å². The van der Waals surface area contributed by atoms with Crippen molar-refractivity contribution in [1.29, 1.82) is 0 Å². The summed E-state index contributed by atoms with van der Waals surface area (Å²) in [5.74, 6) is -0.728. The third-order valence-corrected chi connectivity index (χ3v) is 9.75. The Bertz CT molecular complexity index is 2150. The second-order valence-electron chi connectivity index (χ2n) is 15.2. The van der Waals surface area contributed by atoms with Crippen molar-refractivity contribution < 1.29 is 19.1 Å². The summed E-state index contributed by atoms with van der Waals surface area (Å²) in [6, 6.07) is 30.3. The largest absolute Gasteiger partial charge is 0.458 e. The summed E-state index contributed by atoms with van der Waals surface area (Å²) in [5.41, 5.74) is 5.14. The van der Waals surface area contributed by atoms with Gasteiger partial charge in [0.25, 0.3) is 5.91 Å². The van der Waals surface area contributed by atoms with Gasteiger partial charge < -0.3 is 31.3 Å². The van der Waals surface area contributed by atoms with Crippen molar-refractivity contribution in [3.8, 4) is 6.01 Å². The van der Waals surface area contributed by atoms with Gasteiger partial charge in [-0.1, -0.05) is 93.4 Å². The number of amides is 3. The van der Waals surface area contributed by atoms with Crippen LogP contribution >= 0.6 is 11.6 Å². The third-order valence-electron chi connectivity index (χ3n) is 9.50. The summed E-state index contributed by atoms with van der Waals surface area (Å²) in [4.78, 5) is 51.7. The minimum atomic E-state index is -0.757. The lowest BCUT2D eigenvalue weighted by Crippen LogP contribution is -2.44. The first-order valence-corrected chi connectivity index (χ1v) is 19.0. The van der Waals surface area contributed by atoms with E-state index in [1.807, 2.05) is 69.3 Å². The quantitative estimate of drug-likeness (QED) is 0.0667. The molecule has 12 nitrogen and oxygen atoms in total. The van der Waals surface area contributed by atoms with Gasteiger partial charge in [0.1, 0.15) is 6.61 Å². The fourth-order valence-electron chi connectivity index (χ4n) is 5.82. The number of halogens is 1. The molecule has 0 unspecified atom stereocenters. The minimum absolute atomic E-state index is 0.159. The highest BCUT2D eigenvalue weighted by molar-refractivity contribution is 6.39. The van der Waals surface area contributed by atoms with E-state index in [1.54, 1.807) is 36.4 Å². The van der Waals surface area contributed by atoms with Crippen molar-refractivity contribution in [2.24, 2.45) is 5.41 Å². The van der Waals surface area contributed by atoms with Gasteiger partial charge in [0.15, 0.2) is 0 Å². The van der Waals surface area contributed by atoms with Crippen LogP contribution in [0.4, 0.5) is 23.3 Å². The summed E-state index contributed by atoms with van der Waals surface area (Å²) in [7, 11) is 0. The van der Waals surface area contributed by atoms with Crippen LogP contribution in [0.2, 0.25) is 5.02 Å². The SMILES string of the molecule is Cc1ccc(NC(=O)C(=O)NCC(C)(C)CNC(=O)c2ccc(Nc3nc(NC4(c5ccc(Cl)cc5)CC4)nc(OCc4ccc(C(C)C)cc4)n3)cc2)cc1. The van der Waals surface area contributed by atoms with Gasteiger partial charge in [0.2, 0.25) is 11.9 Å². The molecule has 0 radical (unpaired) electrons. The van der Waals surface area contributed by atoms with Crippen LogP contribution in [-0.4, -0.2) is 45.8 Å². The van der Waals surface area contributed by atoms with Gasteiger partial charge in [0, 0.05) is 35.1 Å². The van der Waals surface area contributed by atoms with Crippen LogP contribution in [0.5, 0.6) is 6.01 Å². The predicted octanol–water partition coefficient (Wildman–Crippen LogP) is 7.89. The fraction of sp³-hybridized carbons (Fsp3) is 0.302. The highest BCUT2D eigenvalue weighted by Crippen LogP contribution is 2.48. The van der Waals surface area contributed by atoms with E-state index in [2.05, 4.69) is 67.5 Å². The van der Waals surface area contributed by atoms with Crippen LogP contribution < -0.4 is 31.3 Å². The summed E-state index contributed by atoms with van der Waals surface area (Å²) in [6.45, 7) is 10.7. The van der Waals surface area contributed by atoms with Crippen molar-refractivity contribution in [3.63, 3.8) is 0 Å². The zero-order valence-electron chi connectivity index (χ0n) is 32.2. The topological polar surface area (TPSA) is 159 Å². The monoisotopic (exact) mass is 774 g/mol. The Kier molecular flexibility index (Phi) is 12.2. The van der Waals surface area contributed by atoms with E-state index in [-0.39, 0.29) is 43.1 Å². The molecule has 0 atom stereocenters. The van der Waals surface area contributed by atoms with Crippen molar-refractivity contribution in [2.45, 2.75) is 65.5 Å². The van der Waals surface area contributed by atoms with Crippen LogP contribution in [-0.2, 0) is 21.7 Å². The van der Waals surface area contributed by atoms with Crippen LogP contribution in [0.3, 0.4) is 0 Å². The maximum Gasteiger partial charge on any atom is 0.323 e. The Hall–Kier alpha value is -6.01. The molecule has 0 spiro atoms. The van der Waals surface area contributed by atoms with Crippen molar-refractivity contribution in [3.05, 3.63) is 130 Å². The van der Waals surface area contributed by atoms with Gasteiger partial charge in [-0.15, -0.1) is 0 Å². The molecule has 0 saturated heterocycles. The number of ether oxygens (including phenoxy) is 1. The number of rotatable bonds is 15. The highest BCUT2D eigenvalue weighted by Gasteiger charge is 2.45. The van der Waals surface area contributed by atoms with Crippen LogP contribution in [0, 0.1) is 12.3 Å². The zero-order chi connectivity index (χ0) is 39.9. The number of carbonyl (C=O) groups excluding carboxylic acids is 3. The Morgan fingerprint density at radius 3 is 2.04 bits per heavy atom. The second kappa shape index (κ2) is 17.2. The first-order chi connectivity index (χ1) is 26.8. The molecule has 290 valence electrons. The lowest BCUT2D eigenvalue weighted by atomic mass is 9.93. The summed E-state index contributed by atoms with van der Waals surface area (Å²) < 4.78 is 6.09. The molecule has 4 aromatic carbocycles. The number of hydrogen-bond donors (Lipinski definition) is 5. The standard InChI is InChI=1S/C43H47ClN8O4/c1-27(2)30-10-8-29(9-11-30)24-56-41-50-39(49-40(51-41)52-43(22-23-43)32-14-16-33(44)17-15-32)48-35-20-12-31(13-21-35)36(53)45-25-42(4,5)26-46-37(54)38(55)47-34-18-6-28(3)7-19-34/h6-21,27H,22-26H2,1-5H3,(H,45,53)(H,46,54)(H,47,55)(H2,48,49,50,51,52). The lowest BCUT2D eigenvalue weighted by molar-refractivity contribution is -0.136. The number of aryl methyl sites for hydroxylation is 1. The average molecular weight is 775 g/mol. The Morgan fingerprint density at radius 1 is 0.768 bits per heavy atom. The van der Waals surface area contributed by atoms with Gasteiger partial charge >= 0.3 is 17.8 Å². The molecule has 1 aliphatic carbocycles. The van der Waals surface area contributed by atoms with Crippen molar-refractivity contribution in [1.82, 2.24) is 25.6 Å². The minimum Gasteiger partial charge on any atom is -0.458 e. The maximum atomic E-state index is 13.1. The first-order valence-electron chi connectivity index (χ1n) is 18.6. The van der Waals surface area contributed by atoms with E-state index >= 15 is 0 Å². The summed E-state index contributed by atoms with van der Waals surface area (Å²) in [6.07, 6.45) is 1.81. The molecule has 13 heteroatoms. The molecule has 6 rings (SSSR count). The molecular formula is C43H47ClN8O4. The van der Waals surface area contributed by atoms with E-state index in [0.717, 1.165) is 29.5 Å². The average Bonchev–Trinajstić information content (AvgIpc) is 3.97. The summed E-state index contributed by atoms with van der Waals surface area (Å²) >= 11 is 6.16. The Balaban J connectivity index is 1.07. The zero-order valence-corrected chi connectivity index (χ0v) is 33.0. The van der Waals surface area contributed by atoms with Gasteiger partial charge in [-0.2, -0.15) is 15.0 Å². The van der Waals surface area contributed by atoms with E-state index in [4.69, 9.17) is 16.3 Å². The fourth-order valence-corrected chi connectivity index (χ4v) is 5.94. The smallest absolute Gasteiger partial charge is 0.323 e. The molecule has 3 amide bonds. The lowest BCUT2D eigenvalue weighted by Gasteiger charge is -2.25. The molecule has 1 aliphatic rings. The molecule has 0 aliphatic heterocycles. The van der Waals surface area contributed by atoms with Crippen molar-refractivity contribution >= 4 is 52.6 Å². The maximum absolute atomic E-state index is 13.1. The predicted molar refractivity (Wildman–Crippen MR) is 219 cm³/mol. The van der Waals surface area contributed by atoms with Gasteiger partial charge in [0.05, 0.1) is 5.54 Å². The molecule has 1 heterocycles. The Labute approximate surface area is 332 Å². The van der Waals surface area contributed by atoms with Gasteiger partial charge in [-0.05, 0) is 96.3 Å². The van der Waals surface area contributed by atoms with E-state index < -0.39 is 17.2 Å². The normalized spacial score (nSPS) is 13.1. The van der Waals surface area contributed by atoms with E-state index in [9.17, 15) is 14.4 Å². The molecule has 1 aromatic heterocycles. The summed E-state index contributed by atoms with van der Waals surface area (Å²) in [5, 5.41) is 15.6. The first kappa shape index (κ1) is 39.7. The van der Waals surface area contributed by atoms with Crippen molar-refractivity contribution in [2.75, 3.05) is 29.0 Å². The number of anilines is 4. The second-order valence-corrected chi connectivity index (χ2v) is 15.7. The molecule has 0 bridgehead atoms.